The highest BCUT2D eigenvalue weighted by Gasteiger charge is 2.21. The highest BCUT2D eigenvalue weighted by Crippen LogP contribution is 2.21. The summed E-state index contributed by atoms with van der Waals surface area (Å²) in [6, 6.07) is 18.5. The van der Waals surface area contributed by atoms with Crippen LogP contribution in [-0.2, 0) is 16.1 Å². The summed E-state index contributed by atoms with van der Waals surface area (Å²) in [5.41, 5.74) is 3.68. The molecule has 0 atom stereocenters. The van der Waals surface area contributed by atoms with Gasteiger partial charge in [-0.3, -0.25) is 14.6 Å². The van der Waals surface area contributed by atoms with Gasteiger partial charge in [0.15, 0.2) is 0 Å². The molecule has 2 aromatic carbocycles. The first-order chi connectivity index (χ1) is 16.6. The van der Waals surface area contributed by atoms with Crippen molar-refractivity contribution in [3.63, 3.8) is 0 Å². The predicted molar refractivity (Wildman–Crippen MR) is 131 cm³/mol. The normalized spacial score (nSPS) is 13.6. The quantitative estimate of drug-likeness (QED) is 0.541. The number of hydrogen-bond donors (Lipinski definition) is 1. The van der Waals surface area contributed by atoms with E-state index in [0.29, 0.717) is 44.2 Å². The van der Waals surface area contributed by atoms with Gasteiger partial charge in [-0.05, 0) is 60.5 Å². The van der Waals surface area contributed by atoms with E-state index < -0.39 is 0 Å². The van der Waals surface area contributed by atoms with Crippen LogP contribution in [0.3, 0.4) is 0 Å². The number of amides is 2. The number of ether oxygens (including phenoxy) is 2. The Labute approximate surface area is 199 Å². The predicted octanol–water partition coefficient (Wildman–Crippen LogP) is 4.09. The van der Waals surface area contributed by atoms with Crippen molar-refractivity contribution in [3.8, 4) is 5.75 Å². The Morgan fingerprint density at radius 2 is 1.85 bits per heavy atom. The fourth-order valence-electron chi connectivity index (χ4n) is 3.60. The molecule has 1 fully saturated rings. The number of nitrogens with one attached hydrogen (secondary N) is 1. The molecular formula is C27H27N3O4. The number of rotatable bonds is 7. The van der Waals surface area contributed by atoms with Crippen molar-refractivity contribution >= 4 is 23.6 Å². The second kappa shape index (κ2) is 11.2. The summed E-state index contributed by atoms with van der Waals surface area (Å²) in [6.45, 7) is 4.48. The number of nitrogens with zero attached hydrogens (tertiary/aromatic N) is 2. The van der Waals surface area contributed by atoms with E-state index in [1.165, 1.54) is 6.08 Å². The number of morpholine rings is 1. The minimum Gasteiger partial charge on any atom is -0.487 e. The van der Waals surface area contributed by atoms with E-state index in [1.807, 2.05) is 49.4 Å². The van der Waals surface area contributed by atoms with Crippen molar-refractivity contribution in [2.75, 3.05) is 31.6 Å². The molecule has 174 valence electrons. The van der Waals surface area contributed by atoms with Gasteiger partial charge in [-0.15, -0.1) is 0 Å². The molecule has 0 unspecified atom stereocenters. The first-order valence-corrected chi connectivity index (χ1v) is 11.2. The van der Waals surface area contributed by atoms with E-state index in [1.54, 1.807) is 35.4 Å². The average Bonchev–Trinajstić information content (AvgIpc) is 2.89. The van der Waals surface area contributed by atoms with Crippen LogP contribution in [0, 0.1) is 6.92 Å². The summed E-state index contributed by atoms with van der Waals surface area (Å²) in [7, 11) is 0. The Hall–Kier alpha value is -3.97. The number of carbonyl (C=O) groups is 2. The monoisotopic (exact) mass is 457 g/mol. The Kier molecular flexibility index (Phi) is 7.67. The molecule has 1 saturated heterocycles. The van der Waals surface area contributed by atoms with Crippen molar-refractivity contribution < 1.29 is 19.1 Å². The van der Waals surface area contributed by atoms with E-state index in [4.69, 9.17) is 9.47 Å². The largest absolute Gasteiger partial charge is 0.487 e. The van der Waals surface area contributed by atoms with Crippen LogP contribution in [0.15, 0.2) is 72.9 Å². The smallest absolute Gasteiger partial charge is 0.254 e. The number of anilines is 1. The van der Waals surface area contributed by atoms with Crippen LogP contribution in [0.5, 0.6) is 5.75 Å². The van der Waals surface area contributed by atoms with E-state index in [-0.39, 0.29) is 11.8 Å². The third-order valence-electron chi connectivity index (χ3n) is 5.54. The fourth-order valence-corrected chi connectivity index (χ4v) is 3.60. The molecule has 1 aromatic heterocycles. The molecule has 0 radical (unpaired) electrons. The summed E-state index contributed by atoms with van der Waals surface area (Å²) in [5.74, 6) is 0.414. The maximum Gasteiger partial charge on any atom is 0.254 e. The second-order valence-electron chi connectivity index (χ2n) is 7.88. The van der Waals surface area contributed by atoms with Crippen LogP contribution in [0.1, 0.15) is 27.2 Å². The molecule has 0 spiro atoms. The molecule has 3 aromatic rings. The van der Waals surface area contributed by atoms with Gasteiger partial charge in [0.2, 0.25) is 5.91 Å². The standard InChI is InChI=1S/C27H27N3O4/c1-20-24(27(32)30-15-17-33-18-16-30)6-4-7-25(20)29-26(31)13-10-21-8-11-23(12-9-21)34-19-22-5-2-3-14-28-22/h2-14H,15-19H2,1H3,(H,29,31)/b13-10+. The highest BCUT2D eigenvalue weighted by molar-refractivity contribution is 6.04. The fraction of sp³-hybridized carbons (Fsp3) is 0.222. The molecule has 0 aliphatic carbocycles. The van der Waals surface area contributed by atoms with Gasteiger partial charge in [-0.25, -0.2) is 0 Å². The van der Waals surface area contributed by atoms with Gasteiger partial charge >= 0.3 is 0 Å². The Bertz CT molecular complexity index is 1150. The SMILES string of the molecule is Cc1c(NC(=O)/C=C/c2ccc(OCc3ccccn3)cc2)cccc1C(=O)N1CCOCC1. The van der Waals surface area contributed by atoms with Crippen LogP contribution in [0.2, 0.25) is 0 Å². The Balaban J connectivity index is 1.34. The number of carbonyl (C=O) groups excluding carboxylic acids is 2. The van der Waals surface area contributed by atoms with Gasteiger partial charge in [-0.1, -0.05) is 24.3 Å². The number of hydrogen-bond acceptors (Lipinski definition) is 5. The summed E-state index contributed by atoms with van der Waals surface area (Å²) in [6.07, 6.45) is 4.94. The first kappa shape index (κ1) is 23.2. The zero-order valence-electron chi connectivity index (χ0n) is 19.1. The molecular weight excluding hydrogens is 430 g/mol. The third kappa shape index (κ3) is 6.08. The lowest BCUT2D eigenvalue weighted by atomic mass is 10.0. The molecule has 4 rings (SSSR count). The number of benzene rings is 2. The van der Waals surface area contributed by atoms with Gasteiger partial charge in [0, 0.05) is 36.6 Å². The Morgan fingerprint density at radius 1 is 1.06 bits per heavy atom. The summed E-state index contributed by atoms with van der Waals surface area (Å²) in [5, 5.41) is 2.88. The van der Waals surface area contributed by atoms with Crippen molar-refractivity contribution in [2.24, 2.45) is 0 Å². The van der Waals surface area contributed by atoms with Crippen LogP contribution < -0.4 is 10.1 Å². The van der Waals surface area contributed by atoms with E-state index in [2.05, 4.69) is 10.3 Å². The molecule has 1 aliphatic heterocycles. The molecule has 7 heteroatoms. The third-order valence-corrected chi connectivity index (χ3v) is 5.54. The maximum atomic E-state index is 12.9. The maximum absolute atomic E-state index is 12.9. The molecule has 0 saturated carbocycles. The lowest BCUT2D eigenvalue weighted by molar-refractivity contribution is -0.111. The van der Waals surface area contributed by atoms with Crippen LogP contribution >= 0.6 is 0 Å². The van der Waals surface area contributed by atoms with Gasteiger partial charge in [0.1, 0.15) is 12.4 Å². The molecule has 7 nitrogen and oxygen atoms in total. The second-order valence-corrected chi connectivity index (χ2v) is 7.88. The zero-order valence-corrected chi connectivity index (χ0v) is 19.1. The first-order valence-electron chi connectivity index (χ1n) is 11.2. The highest BCUT2D eigenvalue weighted by atomic mass is 16.5. The van der Waals surface area contributed by atoms with Gasteiger partial charge in [-0.2, -0.15) is 0 Å². The minimum absolute atomic E-state index is 0.0437. The molecule has 1 aliphatic rings. The zero-order chi connectivity index (χ0) is 23.8. The molecule has 1 N–H and O–H groups in total. The molecule has 0 bridgehead atoms. The van der Waals surface area contributed by atoms with E-state index >= 15 is 0 Å². The Morgan fingerprint density at radius 3 is 2.59 bits per heavy atom. The van der Waals surface area contributed by atoms with Gasteiger partial charge in [0.25, 0.3) is 5.91 Å². The van der Waals surface area contributed by atoms with Crippen LogP contribution in [0.4, 0.5) is 5.69 Å². The summed E-state index contributed by atoms with van der Waals surface area (Å²) < 4.78 is 11.1. The van der Waals surface area contributed by atoms with E-state index in [9.17, 15) is 9.59 Å². The minimum atomic E-state index is -0.269. The molecule has 34 heavy (non-hydrogen) atoms. The number of pyridine rings is 1. The van der Waals surface area contributed by atoms with Crippen LogP contribution in [0.25, 0.3) is 6.08 Å². The van der Waals surface area contributed by atoms with Gasteiger partial charge in [0.05, 0.1) is 18.9 Å². The lowest BCUT2D eigenvalue weighted by Crippen LogP contribution is -2.41. The van der Waals surface area contributed by atoms with E-state index in [0.717, 1.165) is 22.6 Å². The van der Waals surface area contributed by atoms with Crippen molar-refractivity contribution in [1.29, 1.82) is 0 Å². The average molecular weight is 458 g/mol. The van der Waals surface area contributed by atoms with Crippen molar-refractivity contribution in [3.05, 3.63) is 95.3 Å². The summed E-state index contributed by atoms with van der Waals surface area (Å²) in [4.78, 5) is 31.4. The number of aromatic nitrogens is 1. The molecule has 2 heterocycles. The topological polar surface area (TPSA) is 80.8 Å². The lowest BCUT2D eigenvalue weighted by Gasteiger charge is -2.27. The van der Waals surface area contributed by atoms with Gasteiger partial charge < -0.3 is 19.7 Å². The van der Waals surface area contributed by atoms with Crippen LogP contribution in [-0.4, -0.2) is 48.0 Å². The molecule has 2 amide bonds. The summed E-state index contributed by atoms with van der Waals surface area (Å²) >= 11 is 0. The van der Waals surface area contributed by atoms with Crippen molar-refractivity contribution in [1.82, 2.24) is 9.88 Å². The van der Waals surface area contributed by atoms with Crippen molar-refractivity contribution in [2.45, 2.75) is 13.5 Å².